The Morgan fingerprint density at radius 2 is 1.84 bits per heavy atom. The predicted octanol–water partition coefficient (Wildman–Crippen LogP) is 3.94. The Morgan fingerprint density at radius 3 is 2.68 bits per heavy atom. The molecule has 1 aromatic rings. The summed E-state index contributed by atoms with van der Waals surface area (Å²) in [7, 11) is 0. The second-order valence-corrected chi connectivity index (χ2v) is 6.01. The molecule has 0 amide bonds. The lowest BCUT2D eigenvalue weighted by atomic mass is 9.86. The first-order chi connectivity index (χ1) is 9.34. The molecule has 4 rings (SSSR count). The summed E-state index contributed by atoms with van der Waals surface area (Å²) in [6.45, 7) is 0. The summed E-state index contributed by atoms with van der Waals surface area (Å²) >= 11 is 0. The van der Waals surface area contributed by atoms with Crippen LogP contribution in [-0.4, -0.2) is 11.8 Å². The summed E-state index contributed by atoms with van der Waals surface area (Å²) in [6.07, 6.45) is 7.34. The topological polar surface area (TPSA) is 29.1 Å². The van der Waals surface area contributed by atoms with Crippen LogP contribution in [0, 0.1) is 5.92 Å². The molecule has 0 unspecified atom stereocenters. The highest BCUT2D eigenvalue weighted by Crippen LogP contribution is 2.44. The molecule has 0 aromatic heterocycles. The summed E-state index contributed by atoms with van der Waals surface area (Å²) in [5.41, 5.74) is 5.13. The molecule has 3 aliphatic rings. The normalized spacial score (nSPS) is 29.2. The molecule has 1 heterocycles. The molecule has 1 aromatic carbocycles. The second-order valence-electron chi connectivity index (χ2n) is 6.01. The van der Waals surface area contributed by atoms with Gasteiger partial charge in [0.05, 0.1) is 6.04 Å². The van der Waals surface area contributed by atoms with Crippen molar-refractivity contribution in [1.82, 2.24) is 0 Å². The first kappa shape index (κ1) is 11.3. The molecule has 98 valence electrons. The number of Topliss-reactive ketones (excluding diaryl/α,β-unsaturated/α-hetero) is 1. The number of hydrogen-bond donors (Lipinski definition) is 1. The maximum atomic E-state index is 12.6. The Labute approximate surface area is 113 Å². The van der Waals surface area contributed by atoms with E-state index in [1.807, 2.05) is 24.3 Å². The Kier molecular flexibility index (Phi) is 2.51. The number of nitrogens with one attached hydrogen (secondary N) is 1. The standard InChI is InChI=1S/C17H19NO/c19-17-13-7-3-4-8-15(13)18-16-12(9-10-14(16)17)11-5-1-2-6-11/h3-4,7-8,14,16,18H,1-2,5-6,9-10H2/t14-,16-/m1/s1. The second kappa shape index (κ2) is 4.22. The van der Waals surface area contributed by atoms with Gasteiger partial charge in [-0.05, 0) is 56.2 Å². The third kappa shape index (κ3) is 1.66. The van der Waals surface area contributed by atoms with E-state index in [9.17, 15) is 4.79 Å². The highest BCUT2D eigenvalue weighted by molar-refractivity contribution is 6.05. The third-order valence-electron chi connectivity index (χ3n) is 5.00. The van der Waals surface area contributed by atoms with Gasteiger partial charge in [0.25, 0.3) is 0 Å². The SMILES string of the molecule is O=C1c2ccccc2N[C@@H]2C(=C3CCCC3)CC[C@@H]12. The fourth-order valence-electron chi connectivity index (χ4n) is 4.06. The fourth-order valence-corrected chi connectivity index (χ4v) is 4.06. The van der Waals surface area contributed by atoms with E-state index in [4.69, 9.17) is 0 Å². The summed E-state index contributed by atoms with van der Waals surface area (Å²) in [5.74, 6) is 0.533. The molecule has 2 saturated carbocycles. The summed E-state index contributed by atoms with van der Waals surface area (Å²) in [5, 5.41) is 3.64. The van der Waals surface area contributed by atoms with Gasteiger partial charge in [-0.2, -0.15) is 0 Å². The zero-order chi connectivity index (χ0) is 12.8. The van der Waals surface area contributed by atoms with E-state index < -0.39 is 0 Å². The Hall–Kier alpha value is -1.57. The van der Waals surface area contributed by atoms with Crippen molar-refractivity contribution in [2.45, 2.75) is 44.6 Å². The van der Waals surface area contributed by atoms with Gasteiger partial charge >= 0.3 is 0 Å². The van der Waals surface area contributed by atoms with Crippen LogP contribution in [0.15, 0.2) is 35.4 Å². The van der Waals surface area contributed by atoms with Crippen LogP contribution in [-0.2, 0) is 0 Å². The van der Waals surface area contributed by atoms with E-state index in [0.717, 1.165) is 24.1 Å². The van der Waals surface area contributed by atoms with Crippen molar-refractivity contribution in [3.05, 3.63) is 41.0 Å². The number of fused-ring (bicyclic) bond motifs is 2. The van der Waals surface area contributed by atoms with Gasteiger partial charge in [0.2, 0.25) is 0 Å². The van der Waals surface area contributed by atoms with Crippen LogP contribution in [0.2, 0.25) is 0 Å². The third-order valence-corrected chi connectivity index (χ3v) is 5.00. The molecule has 0 saturated heterocycles. The number of para-hydroxylation sites is 1. The van der Waals surface area contributed by atoms with Crippen molar-refractivity contribution < 1.29 is 4.79 Å². The highest BCUT2D eigenvalue weighted by atomic mass is 16.1. The minimum Gasteiger partial charge on any atom is -0.377 e. The predicted molar refractivity (Wildman–Crippen MR) is 76.4 cm³/mol. The summed E-state index contributed by atoms with van der Waals surface area (Å²) in [6, 6.07) is 8.26. The van der Waals surface area contributed by atoms with Crippen LogP contribution in [0.3, 0.4) is 0 Å². The molecule has 0 spiro atoms. The molecular weight excluding hydrogens is 234 g/mol. The Bertz CT molecular complexity index is 564. The molecular formula is C17H19NO. The van der Waals surface area contributed by atoms with Gasteiger partial charge in [-0.1, -0.05) is 17.7 Å². The fraction of sp³-hybridized carbons (Fsp3) is 0.471. The summed E-state index contributed by atoms with van der Waals surface area (Å²) < 4.78 is 0. The van der Waals surface area contributed by atoms with E-state index in [2.05, 4.69) is 5.32 Å². The van der Waals surface area contributed by atoms with E-state index in [1.165, 1.54) is 25.7 Å². The molecule has 2 heteroatoms. The lowest BCUT2D eigenvalue weighted by molar-refractivity contribution is 0.0914. The first-order valence-electron chi connectivity index (χ1n) is 7.45. The van der Waals surface area contributed by atoms with E-state index in [0.29, 0.717) is 5.78 Å². The smallest absolute Gasteiger partial charge is 0.170 e. The maximum Gasteiger partial charge on any atom is 0.170 e. The van der Waals surface area contributed by atoms with Gasteiger partial charge in [0.15, 0.2) is 5.78 Å². The van der Waals surface area contributed by atoms with Crippen molar-refractivity contribution in [3.8, 4) is 0 Å². The van der Waals surface area contributed by atoms with Crippen molar-refractivity contribution >= 4 is 11.5 Å². The van der Waals surface area contributed by atoms with Gasteiger partial charge < -0.3 is 5.32 Å². The molecule has 0 bridgehead atoms. The largest absolute Gasteiger partial charge is 0.377 e. The van der Waals surface area contributed by atoms with Crippen LogP contribution in [0.1, 0.15) is 48.9 Å². The van der Waals surface area contributed by atoms with Gasteiger partial charge in [-0.15, -0.1) is 0 Å². The molecule has 19 heavy (non-hydrogen) atoms. The number of rotatable bonds is 0. The number of anilines is 1. The highest BCUT2D eigenvalue weighted by Gasteiger charge is 2.42. The molecule has 1 aliphatic heterocycles. The summed E-state index contributed by atoms with van der Waals surface area (Å²) in [4.78, 5) is 12.6. The average Bonchev–Trinajstić information content (AvgIpc) is 3.07. The average molecular weight is 253 g/mol. The molecule has 2 aliphatic carbocycles. The van der Waals surface area contributed by atoms with Crippen LogP contribution < -0.4 is 5.32 Å². The lowest BCUT2D eigenvalue weighted by Crippen LogP contribution is -2.36. The van der Waals surface area contributed by atoms with Gasteiger partial charge in [0.1, 0.15) is 0 Å². The van der Waals surface area contributed by atoms with Crippen molar-refractivity contribution in [1.29, 1.82) is 0 Å². The van der Waals surface area contributed by atoms with Crippen LogP contribution in [0.25, 0.3) is 0 Å². The molecule has 2 nitrogen and oxygen atoms in total. The van der Waals surface area contributed by atoms with Gasteiger partial charge in [-0.3, -0.25) is 4.79 Å². The van der Waals surface area contributed by atoms with Crippen molar-refractivity contribution in [2.24, 2.45) is 5.92 Å². The van der Waals surface area contributed by atoms with Crippen LogP contribution >= 0.6 is 0 Å². The minimum absolute atomic E-state index is 0.179. The van der Waals surface area contributed by atoms with E-state index in [1.54, 1.807) is 11.1 Å². The zero-order valence-corrected chi connectivity index (χ0v) is 11.1. The molecule has 2 fully saturated rings. The number of carbonyl (C=O) groups excluding carboxylic acids is 1. The van der Waals surface area contributed by atoms with Gasteiger partial charge in [0, 0.05) is 17.2 Å². The van der Waals surface area contributed by atoms with Gasteiger partial charge in [-0.25, -0.2) is 0 Å². The van der Waals surface area contributed by atoms with E-state index >= 15 is 0 Å². The molecule has 0 radical (unpaired) electrons. The molecule has 1 N–H and O–H groups in total. The monoisotopic (exact) mass is 253 g/mol. The quantitative estimate of drug-likeness (QED) is 0.709. The Morgan fingerprint density at radius 1 is 1.05 bits per heavy atom. The van der Waals surface area contributed by atoms with Crippen LogP contribution in [0.4, 0.5) is 5.69 Å². The molecule has 2 atom stereocenters. The number of carbonyl (C=O) groups is 1. The van der Waals surface area contributed by atoms with Crippen molar-refractivity contribution in [3.63, 3.8) is 0 Å². The van der Waals surface area contributed by atoms with E-state index in [-0.39, 0.29) is 12.0 Å². The maximum absolute atomic E-state index is 12.6. The Balaban J connectivity index is 1.76. The number of allylic oxidation sites excluding steroid dienone is 1. The first-order valence-corrected chi connectivity index (χ1v) is 7.45. The number of ketones is 1. The van der Waals surface area contributed by atoms with Crippen LogP contribution in [0.5, 0.6) is 0 Å². The number of hydrogen-bond acceptors (Lipinski definition) is 2. The lowest BCUT2D eigenvalue weighted by Gasteiger charge is -2.30. The zero-order valence-electron chi connectivity index (χ0n) is 11.1. The number of benzene rings is 1. The van der Waals surface area contributed by atoms with Crippen molar-refractivity contribution in [2.75, 3.05) is 5.32 Å². The minimum atomic E-state index is 0.179.